The summed E-state index contributed by atoms with van der Waals surface area (Å²) < 4.78 is 0. The van der Waals surface area contributed by atoms with Gasteiger partial charge in [0.2, 0.25) is 0 Å². The van der Waals surface area contributed by atoms with Gasteiger partial charge in [-0.1, -0.05) is 54.6 Å². The van der Waals surface area contributed by atoms with Gasteiger partial charge in [-0.15, -0.1) is 0 Å². The summed E-state index contributed by atoms with van der Waals surface area (Å²) in [4.78, 5) is 0. The van der Waals surface area contributed by atoms with Crippen LogP contribution in [0.5, 0.6) is 0 Å². The third-order valence-electron chi connectivity index (χ3n) is 3.15. The molecule has 0 saturated heterocycles. The quantitative estimate of drug-likeness (QED) is 0.435. The first-order chi connectivity index (χ1) is 11.2. The van der Waals surface area contributed by atoms with Crippen molar-refractivity contribution in [1.29, 1.82) is 0 Å². The van der Waals surface area contributed by atoms with Gasteiger partial charge in [-0.2, -0.15) is 18.2 Å². The van der Waals surface area contributed by atoms with Crippen LogP contribution in [0.4, 0.5) is 0 Å². The Morgan fingerprint density at radius 3 is 1.87 bits per heavy atom. The van der Waals surface area contributed by atoms with Crippen molar-refractivity contribution in [3.05, 3.63) is 102 Å². The predicted molar refractivity (Wildman–Crippen MR) is 95.4 cm³/mol. The first-order valence-electron chi connectivity index (χ1n) is 7.12. The average molecular weight is 382 g/mol. The van der Waals surface area contributed by atoms with Gasteiger partial charge < -0.3 is 5.11 Å². The van der Waals surface area contributed by atoms with Crippen LogP contribution in [0.1, 0.15) is 22.8 Å². The molecule has 0 spiro atoms. The minimum absolute atomic E-state index is 0.521. The van der Waals surface area contributed by atoms with Crippen molar-refractivity contribution in [3.8, 4) is 0 Å². The standard InChI is InChI=1S/C14H14O.C5H5.2ClH.Ti/c1-11-7-5-6-10-13(11)14(15)12-8-3-2-4-9-12;1-2-4-5-3-1;;;/h2-10,14-15H,1H3;1-5H;2*1H;/q;-1;;;+2/p-2. The molecular weight excluding hydrogens is 363 g/mol. The van der Waals surface area contributed by atoms with Crippen LogP contribution in [0, 0.1) is 6.92 Å². The second-order valence-corrected chi connectivity index (χ2v) is 7.28. The van der Waals surface area contributed by atoms with E-state index in [4.69, 9.17) is 18.6 Å². The molecule has 0 aliphatic heterocycles. The number of rotatable bonds is 2. The molecule has 0 radical (unpaired) electrons. The van der Waals surface area contributed by atoms with Crippen LogP contribution in [0.2, 0.25) is 0 Å². The molecule has 0 aliphatic rings. The Balaban J connectivity index is 0.000000273. The zero-order chi connectivity index (χ0) is 16.9. The van der Waals surface area contributed by atoms with Crippen molar-refractivity contribution in [1.82, 2.24) is 0 Å². The molecule has 1 nitrogen and oxygen atoms in total. The number of halogens is 2. The van der Waals surface area contributed by atoms with Crippen LogP contribution < -0.4 is 0 Å². The van der Waals surface area contributed by atoms with E-state index in [0.717, 1.165) is 16.7 Å². The third kappa shape index (κ3) is 7.92. The van der Waals surface area contributed by atoms with E-state index in [-0.39, 0.29) is 0 Å². The number of aliphatic hydroxyl groups excluding tert-OH is 1. The summed E-state index contributed by atoms with van der Waals surface area (Å²) in [5.41, 5.74) is 3.03. The summed E-state index contributed by atoms with van der Waals surface area (Å²) in [7, 11) is 9.78. The van der Waals surface area contributed by atoms with E-state index in [1.807, 2.05) is 91.9 Å². The fourth-order valence-electron chi connectivity index (χ4n) is 2.03. The van der Waals surface area contributed by atoms with Crippen LogP contribution >= 0.6 is 18.6 Å². The van der Waals surface area contributed by atoms with Crippen molar-refractivity contribution >= 4 is 18.6 Å². The van der Waals surface area contributed by atoms with Gasteiger partial charge in [0, 0.05) is 0 Å². The SMILES string of the molecule is Cc1ccccc1C(O)c1ccccc1.[Cl][Ti][Cl].c1cc[cH-]c1. The molecule has 3 rings (SSSR count). The fourth-order valence-corrected chi connectivity index (χ4v) is 2.03. The first-order valence-corrected chi connectivity index (χ1v) is 11.4. The number of hydrogen-bond acceptors (Lipinski definition) is 1. The molecule has 23 heavy (non-hydrogen) atoms. The topological polar surface area (TPSA) is 20.2 Å². The zero-order valence-electron chi connectivity index (χ0n) is 12.9. The first kappa shape index (κ1) is 20.1. The van der Waals surface area contributed by atoms with Crippen molar-refractivity contribution in [2.24, 2.45) is 0 Å². The fraction of sp³-hybridized carbons (Fsp3) is 0.105. The number of benzene rings is 2. The number of hydrogen-bond donors (Lipinski definition) is 1. The second kappa shape index (κ2) is 12.5. The van der Waals surface area contributed by atoms with E-state index >= 15 is 0 Å². The van der Waals surface area contributed by atoms with Gasteiger partial charge >= 0.3 is 35.6 Å². The number of aliphatic hydroxyl groups is 1. The van der Waals surface area contributed by atoms with Gasteiger partial charge in [0.15, 0.2) is 0 Å². The molecule has 0 saturated carbocycles. The monoisotopic (exact) mass is 381 g/mol. The van der Waals surface area contributed by atoms with E-state index < -0.39 is 23.1 Å². The molecule has 0 aromatic heterocycles. The molecule has 3 aromatic carbocycles. The van der Waals surface area contributed by atoms with Gasteiger partial charge in [-0.3, -0.25) is 0 Å². The van der Waals surface area contributed by atoms with Crippen LogP contribution in [-0.4, -0.2) is 5.11 Å². The van der Waals surface area contributed by atoms with E-state index in [1.165, 1.54) is 0 Å². The third-order valence-corrected chi connectivity index (χ3v) is 3.15. The molecule has 0 fully saturated rings. The minimum atomic E-state index is -0.556. The van der Waals surface area contributed by atoms with Crippen LogP contribution in [0.15, 0.2) is 84.9 Å². The Hall–Kier alpha value is -0.956. The molecule has 0 heterocycles. The average Bonchev–Trinajstić information content (AvgIpc) is 3.16. The molecule has 0 amide bonds. The summed E-state index contributed by atoms with van der Waals surface area (Å²) in [5.74, 6) is 0. The molecule has 0 aliphatic carbocycles. The van der Waals surface area contributed by atoms with Gasteiger partial charge in [0.05, 0.1) is 0 Å². The molecule has 0 bridgehead atoms. The number of aryl methyl sites for hydroxylation is 1. The van der Waals surface area contributed by atoms with Gasteiger partial charge in [0.25, 0.3) is 0 Å². The Morgan fingerprint density at radius 2 is 1.39 bits per heavy atom. The van der Waals surface area contributed by atoms with Crippen LogP contribution in [0.3, 0.4) is 0 Å². The van der Waals surface area contributed by atoms with Crippen molar-refractivity contribution in [2.45, 2.75) is 13.0 Å². The summed E-state index contributed by atoms with van der Waals surface area (Å²) in [6.07, 6.45) is -0.521. The molecule has 1 N–H and O–H groups in total. The predicted octanol–water partition coefficient (Wildman–Crippen LogP) is 5.86. The maximum absolute atomic E-state index is 10.2. The summed E-state index contributed by atoms with van der Waals surface area (Å²) in [6.45, 7) is 2.02. The van der Waals surface area contributed by atoms with Gasteiger partial charge in [-0.05, 0) is 23.6 Å². The van der Waals surface area contributed by atoms with Crippen molar-refractivity contribution in [3.63, 3.8) is 0 Å². The van der Waals surface area contributed by atoms with E-state index in [0.29, 0.717) is 0 Å². The smallest absolute Gasteiger partial charge is 0.172 e. The molecule has 120 valence electrons. The summed E-state index contributed by atoms with van der Waals surface area (Å²) >= 11 is -0.556. The molecule has 4 heteroatoms. The molecule has 3 aromatic rings. The summed E-state index contributed by atoms with van der Waals surface area (Å²) in [5, 5.41) is 10.2. The summed E-state index contributed by atoms with van der Waals surface area (Å²) in [6, 6.07) is 27.6. The molecule has 1 unspecified atom stereocenters. The van der Waals surface area contributed by atoms with E-state index in [9.17, 15) is 5.11 Å². The van der Waals surface area contributed by atoms with Crippen molar-refractivity contribution in [2.75, 3.05) is 0 Å². The van der Waals surface area contributed by atoms with Crippen LogP contribution in [-0.2, 0) is 17.0 Å². The molecular formula is C19H19Cl2OTi-. The van der Waals surface area contributed by atoms with E-state index in [2.05, 4.69) is 0 Å². The van der Waals surface area contributed by atoms with Crippen molar-refractivity contribution < 1.29 is 22.1 Å². The Morgan fingerprint density at radius 1 is 0.870 bits per heavy atom. The van der Waals surface area contributed by atoms with Gasteiger partial charge in [-0.25, -0.2) is 12.1 Å². The Kier molecular flexibility index (Phi) is 10.9. The van der Waals surface area contributed by atoms with Crippen LogP contribution in [0.25, 0.3) is 0 Å². The minimum Gasteiger partial charge on any atom is -0.214 e. The normalized spacial score (nSPS) is 10.4. The largest absolute Gasteiger partial charge is 0.214 e. The van der Waals surface area contributed by atoms with Gasteiger partial charge in [0.1, 0.15) is 6.10 Å². The maximum atomic E-state index is 10.2. The Bertz CT molecular complexity index is 610. The zero-order valence-corrected chi connectivity index (χ0v) is 15.9. The second-order valence-electron chi connectivity index (χ2n) is 4.70. The Labute approximate surface area is 154 Å². The maximum Gasteiger partial charge on any atom is -0.172 e. The molecule has 1 atom stereocenters. The van der Waals surface area contributed by atoms with E-state index in [1.54, 1.807) is 0 Å².